The first kappa shape index (κ1) is 68.9. The molecule has 0 amide bonds. The van der Waals surface area contributed by atoms with Gasteiger partial charge in [0.15, 0.2) is 0 Å². The summed E-state index contributed by atoms with van der Waals surface area (Å²) >= 11 is 0. The Kier molecular flexibility index (Phi) is 20.4. The molecule has 12 rings (SSSR count). The van der Waals surface area contributed by atoms with Gasteiger partial charge in [0, 0.05) is 35.5 Å². The molecule has 0 bridgehead atoms. The van der Waals surface area contributed by atoms with E-state index in [1.165, 1.54) is 154 Å². The van der Waals surface area contributed by atoms with Gasteiger partial charge >= 0.3 is 7.82 Å². The summed E-state index contributed by atoms with van der Waals surface area (Å²) in [6.07, 6.45) is 34.9. The Morgan fingerprint density at radius 2 is 0.618 bits per heavy atom. The largest absolute Gasteiger partial charge is 0.475 e. The summed E-state index contributed by atoms with van der Waals surface area (Å²) in [4.78, 5) is 0. The summed E-state index contributed by atoms with van der Waals surface area (Å²) < 4.78 is 41.4. The van der Waals surface area contributed by atoms with Crippen molar-refractivity contribution in [2.24, 2.45) is 157 Å². The predicted molar refractivity (Wildman–Crippen MR) is 366 cm³/mol. The van der Waals surface area contributed by atoms with E-state index >= 15 is 4.57 Å². The Morgan fingerprint density at radius 1 is 0.348 bits per heavy atom. The molecule has 12 aliphatic rings. The van der Waals surface area contributed by atoms with Gasteiger partial charge in [-0.3, -0.25) is 13.6 Å². The van der Waals surface area contributed by atoms with Crippen molar-refractivity contribution in [3.05, 3.63) is 0 Å². The molecule has 0 spiro atoms. The minimum Gasteiger partial charge on any atom is -0.393 e. The smallest absolute Gasteiger partial charge is 0.393 e. The fourth-order valence-electron chi connectivity index (χ4n) is 28.9. The monoisotopic (exact) mass is 1260 g/mol. The maximum atomic E-state index is 17.8. The van der Waals surface area contributed by atoms with Crippen LogP contribution < -0.4 is 0 Å². The van der Waals surface area contributed by atoms with Gasteiger partial charge in [0.1, 0.15) is 0 Å². The fraction of sp³-hybridized carbons (Fsp3) is 1.00. The van der Waals surface area contributed by atoms with Crippen molar-refractivity contribution >= 4 is 7.82 Å². The highest BCUT2D eigenvalue weighted by molar-refractivity contribution is 7.48. The van der Waals surface area contributed by atoms with E-state index in [0.29, 0.717) is 88.8 Å². The predicted octanol–water partition coefficient (Wildman–Crippen LogP) is 21.5. The van der Waals surface area contributed by atoms with Crippen LogP contribution in [0.2, 0.25) is 0 Å². The molecule has 7 nitrogen and oxygen atoms in total. The summed E-state index contributed by atoms with van der Waals surface area (Å²) in [6.45, 7) is 37.8. The molecule has 12 aliphatic carbocycles. The van der Waals surface area contributed by atoms with Crippen LogP contribution in [0.15, 0.2) is 0 Å². The first-order valence-electron chi connectivity index (χ1n) is 39.8. The van der Waals surface area contributed by atoms with E-state index in [2.05, 4.69) is 104 Å². The highest BCUT2D eigenvalue weighted by atomic mass is 31.2. The molecule has 0 saturated heterocycles. The van der Waals surface area contributed by atoms with Crippen molar-refractivity contribution < 1.29 is 33.5 Å². The first-order valence-corrected chi connectivity index (χ1v) is 41.2. The number of aliphatic hydroxyl groups excluding tert-OH is 3. The molecule has 3 N–H and O–H groups in total. The van der Waals surface area contributed by atoms with Gasteiger partial charge in [-0.2, -0.15) is 0 Å². The minimum atomic E-state index is -4.53. The molecule has 3 unspecified atom stereocenters. The van der Waals surface area contributed by atoms with Crippen LogP contribution >= 0.6 is 7.82 Å². The van der Waals surface area contributed by atoms with Gasteiger partial charge in [-0.15, -0.1) is 0 Å². The zero-order valence-corrected chi connectivity index (χ0v) is 61.2. The number of rotatable bonds is 21. The van der Waals surface area contributed by atoms with Crippen LogP contribution in [0.5, 0.6) is 0 Å². The quantitative estimate of drug-likeness (QED) is 0.0983. The zero-order valence-electron chi connectivity index (χ0n) is 60.3. The van der Waals surface area contributed by atoms with Gasteiger partial charge in [-0.05, 0) is 275 Å². The number of hydrogen-bond donors (Lipinski definition) is 3. The van der Waals surface area contributed by atoms with Gasteiger partial charge in [0.25, 0.3) is 0 Å². The lowest BCUT2D eigenvalue weighted by atomic mass is 9.43. The molecule has 89 heavy (non-hydrogen) atoms. The molecule has 0 radical (unpaired) electrons. The van der Waals surface area contributed by atoms with Crippen LogP contribution in [-0.2, 0) is 18.1 Å². The molecule has 512 valence electrons. The van der Waals surface area contributed by atoms with E-state index < -0.39 is 44.4 Å². The van der Waals surface area contributed by atoms with E-state index in [1.807, 2.05) is 0 Å². The number of aliphatic hydroxyl groups is 3. The van der Waals surface area contributed by atoms with Crippen molar-refractivity contribution in [3.8, 4) is 0 Å². The van der Waals surface area contributed by atoms with E-state index in [-0.39, 0.29) is 34.0 Å². The fourth-order valence-corrected chi connectivity index (χ4v) is 30.9. The van der Waals surface area contributed by atoms with Crippen molar-refractivity contribution in [2.45, 2.75) is 352 Å². The standard InChI is InChI=1S/C81H141O7P/c1-49(2)19-16-22-52(7)64-31-34-67-61-28-25-55-43-58(82)46-73(79(55,13)70(61)37-40-76(64,67)10)86-89(85,87-74-47-59(83)44-56-26-29-62-68-35-32-65(53(8)23-17-20-50(3)4)77(68,11)41-38-71(62)80(56,74)14)88-75-48-60(84)45-57-27-30-63-69-36-33-66(54(9)24-18-21-51(5)6)78(69,12)42-39-72(63)81(57,75)15/h49-75,82-84H,16-48H2,1-15H3/t52-,53-,54-,55-,56-,57-,58+,59+,60+,61-,62-,63-,64-,65-,66-,67+,68+,69+,70+,71+,72+,73?,74?,75?,76-,77-,78-,79+,80+,81+,89?/m1/s1. The van der Waals surface area contributed by atoms with Crippen LogP contribution in [0.4, 0.5) is 0 Å². The van der Waals surface area contributed by atoms with Crippen molar-refractivity contribution in [2.75, 3.05) is 0 Å². The number of phosphoric ester groups is 1. The van der Waals surface area contributed by atoms with Crippen molar-refractivity contribution in [3.63, 3.8) is 0 Å². The molecule has 0 aliphatic heterocycles. The number of phosphoric acid groups is 1. The van der Waals surface area contributed by atoms with Gasteiger partial charge in [0.05, 0.1) is 36.6 Å². The third-order valence-electron chi connectivity index (χ3n) is 33.5. The van der Waals surface area contributed by atoms with Crippen LogP contribution in [0.3, 0.4) is 0 Å². The zero-order chi connectivity index (χ0) is 63.5. The van der Waals surface area contributed by atoms with Gasteiger partial charge in [-0.1, -0.05) is 162 Å². The van der Waals surface area contributed by atoms with E-state index in [0.717, 1.165) is 91.8 Å². The van der Waals surface area contributed by atoms with Crippen LogP contribution in [0, 0.1) is 157 Å². The third-order valence-corrected chi connectivity index (χ3v) is 35.0. The highest BCUT2D eigenvalue weighted by Crippen LogP contribution is 2.76. The van der Waals surface area contributed by atoms with E-state index in [9.17, 15) is 15.3 Å². The number of hydrogen-bond acceptors (Lipinski definition) is 7. The molecule has 12 fully saturated rings. The second-order valence-corrected chi connectivity index (χ2v) is 40.3. The SMILES string of the molecule is CC(C)CCC[C@@H](C)[C@H]1CC[C@H]2[C@H]3CC[C@@H]4C[C@H](O)CC(OP(=O)(OC5C[C@@H](O)C[C@H]6CC[C@@H]7[C@@H]8CC[C@H]([C@H](C)CCCC(C)C)[C@@]8(C)CC[C@@H]7[C@@]56C)OC5C[C@@H](O)C[C@H]6CC[C@@H]7[C@@H]8CC[C@H]([C@H](C)CCCC(C)C)[C@@]8(C)CC[C@@H]7[C@@]56C)[C@]4(C)[C@H]3CC[C@]12C. The Bertz CT molecular complexity index is 2170. The summed E-state index contributed by atoms with van der Waals surface area (Å²) in [5, 5.41) is 36.9. The summed E-state index contributed by atoms with van der Waals surface area (Å²) in [5.41, 5.74) is 0.130. The molecule has 0 aromatic carbocycles. The lowest BCUT2D eigenvalue weighted by Crippen LogP contribution is -2.61. The Labute approximate surface area is 547 Å². The summed E-state index contributed by atoms with van der Waals surface area (Å²) in [7, 11) is -4.53. The topological polar surface area (TPSA) is 105 Å². The summed E-state index contributed by atoms with van der Waals surface area (Å²) in [5.74, 6) is 12.7. The van der Waals surface area contributed by atoms with E-state index in [4.69, 9.17) is 13.6 Å². The van der Waals surface area contributed by atoms with Gasteiger partial charge < -0.3 is 15.3 Å². The molecule has 0 aromatic heterocycles. The minimum absolute atomic E-state index is 0.270. The lowest BCUT2D eigenvalue weighted by molar-refractivity contribution is -0.207. The average Bonchev–Trinajstić information content (AvgIpc) is 1.69. The molecule has 8 heteroatoms. The Hall–Kier alpha value is -0.0100. The van der Waals surface area contributed by atoms with Crippen LogP contribution in [-0.4, -0.2) is 51.9 Å². The first-order chi connectivity index (χ1) is 42.1. The normalized spacial score (nSPS) is 51.0. The second kappa shape index (κ2) is 26.3. The lowest BCUT2D eigenvalue weighted by Gasteiger charge is -2.64. The Morgan fingerprint density at radius 3 is 0.876 bits per heavy atom. The molecule has 12 saturated carbocycles. The van der Waals surface area contributed by atoms with Crippen molar-refractivity contribution in [1.82, 2.24) is 0 Å². The molecule has 0 heterocycles. The molecular formula is C81H141O7P. The molecule has 0 aromatic rings. The van der Waals surface area contributed by atoms with E-state index in [1.54, 1.807) is 0 Å². The summed E-state index contributed by atoms with van der Waals surface area (Å²) in [6, 6.07) is 0. The molecule has 30 atom stereocenters. The Balaban J connectivity index is 0.877. The van der Waals surface area contributed by atoms with Crippen molar-refractivity contribution in [1.29, 1.82) is 0 Å². The second-order valence-electron chi connectivity index (χ2n) is 38.7. The molecular weight excluding hydrogens is 1120 g/mol. The maximum absolute atomic E-state index is 17.8. The van der Waals surface area contributed by atoms with Crippen LogP contribution in [0.1, 0.15) is 316 Å². The van der Waals surface area contributed by atoms with Gasteiger partial charge in [-0.25, -0.2) is 4.57 Å². The third kappa shape index (κ3) is 12.2. The highest BCUT2D eigenvalue weighted by Gasteiger charge is 2.69. The number of fused-ring (bicyclic) bond motifs is 15. The maximum Gasteiger partial charge on any atom is 0.475 e. The van der Waals surface area contributed by atoms with Crippen LogP contribution in [0.25, 0.3) is 0 Å². The average molecular weight is 1260 g/mol. The van der Waals surface area contributed by atoms with Gasteiger partial charge in [0.2, 0.25) is 0 Å².